The second kappa shape index (κ2) is 7.38. The van der Waals surface area contributed by atoms with Crippen LogP contribution in [-0.4, -0.2) is 61.4 Å². The highest BCUT2D eigenvalue weighted by Gasteiger charge is 2.53. The number of carbonyl (C=O) groups excluding carboxylic acids is 1. The minimum atomic E-state index is -0.152. The summed E-state index contributed by atoms with van der Waals surface area (Å²) in [6.07, 6.45) is 5.59. The van der Waals surface area contributed by atoms with Crippen LogP contribution >= 0.6 is 0 Å². The molecule has 2 fully saturated rings. The molecule has 0 bridgehead atoms. The van der Waals surface area contributed by atoms with Gasteiger partial charge in [-0.25, -0.2) is 0 Å². The number of rotatable bonds is 7. The van der Waals surface area contributed by atoms with Crippen LogP contribution in [0.4, 0.5) is 0 Å². The smallest absolute Gasteiger partial charge is 0.248 e. The number of amides is 1. The average Bonchev–Trinajstić information content (AvgIpc) is 2.95. The minimum absolute atomic E-state index is 0.0419. The SMILES string of the molecule is COCC(=O)N1CC2(C1)OCCC2CCOCc1cccnc1. The van der Waals surface area contributed by atoms with Crippen molar-refractivity contribution in [3.05, 3.63) is 30.1 Å². The fourth-order valence-corrected chi connectivity index (χ4v) is 3.43. The Morgan fingerprint density at radius 2 is 2.39 bits per heavy atom. The van der Waals surface area contributed by atoms with E-state index in [4.69, 9.17) is 14.2 Å². The van der Waals surface area contributed by atoms with E-state index in [2.05, 4.69) is 4.98 Å². The summed E-state index contributed by atoms with van der Waals surface area (Å²) in [4.78, 5) is 17.7. The van der Waals surface area contributed by atoms with E-state index in [0.29, 0.717) is 32.2 Å². The van der Waals surface area contributed by atoms with E-state index in [1.165, 1.54) is 0 Å². The number of methoxy groups -OCH3 is 1. The molecule has 0 aliphatic carbocycles. The maximum Gasteiger partial charge on any atom is 0.248 e. The molecule has 0 radical (unpaired) electrons. The summed E-state index contributed by atoms with van der Waals surface area (Å²) >= 11 is 0. The van der Waals surface area contributed by atoms with Gasteiger partial charge in [-0.2, -0.15) is 0 Å². The van der Waals surface area contributed by atoms with Crippen LogP contribution in [0.1, 0.15) is 18.4 Å². The zero-order chi connectivity index (χ0) is 16.1. The Labute approximate surface area is 136 Å². The van der Waals surface area contributed by atoms with Gasteiger partial charge in [-0.1, -0.05) is 6.07 Å². The van der Waals surface area contributed by atoms with Gasteiger partial charge in [0.05, 0.1) is 19.7 Å². The topological polar surface area (TPSA) is 60.9 Å². The summed E-state index contributed by atoms with van der Waals surface area (Å²) in [5, 5.41) is 0. The summed E-state index contributed by atoms with van der Waals surface area (Å²) in [7, 11) is 1.54. The molecule has 2 saturated heterocycles. The number of likely N-dealkylation sites (tertiary alicyclic amines) is 1. The van der Waals surface area contributed by atoms with Crippen molar-refractivity contribution in [3.63, 3.8) is 0 Å². The molecule has 6 nitrogen and oxygen atoms in total. The zero-order valence-corrected chi connectivity index (χ0v) is 13.6. The van der Waals surface area contributed by atoms with E-state index in [1.807, 2.05) is 23.2 Å². The Hall–Kier alpha value is -1.50. The Morgan fingerprint density at radius 1 is 1.52 bits per heavy atom. The predicted molar refractivity (Wildman–Crippen MR) is 83.8 cm³/mol. The monoisotopic (exact) mass is 320 g/mol. The third-order valence-corrected chi connectivity index (χ3v) is 4.74. The molecule has 1 atom stereocenters. The first-order valence-electron chi connectivity index (χ1n) is 8.11. The number of ether oxygens (including phenoxy) is 3. The van der Waals surface area contributed by atoms with E-state index in [9.17, 15) is 4.79 Å². The van der Waals surface area contributed by atoms with Crippen LogP contribution < -0.4 is 0 Å². The molecule has 1 aromatic heterocycles. The molecule has 1 unspecified atom stereocenters. The molecule has 0 N–H and O–H groups in total. The van der Waals surface area contributed by atoms with Crippen molar-refractivity contribution in [1.29, 1.82) is 0 Å². The molecule has 2 aliphatic heterocycles. The highest BCUT2D eigenvalue weighted by atomic mass is 16.5. The van der Waals surface area contributed by atoms with Crippen LogP contribution in [0, 0.1) is 5.92 Å². The van der Waals surface area contributed by atoms with E-state index < -0.39 is 0 Å². The Balaban J connectivity index is 1.41. The van der Waals surface area contributed by atoms with Gasteiger partial charge in [-0.3, -0.25) is 9.78 Å². The fraction of sp³-hybridized carbons (Fsp3) is 0.647. The van der Waals surface area contributed by atoms with Gasteiger partial charge in [0, 0.05) is 32.7 Å². The van der Waals surface area contributed by atoms with Gasteiger partial charge >= 0.3 is 0 Å². The van der Waals surface area contributed by atoms with Crippen LogP contribution in [0.3, 0.4) is 0 Å². The lowest BCUT2D eigenvalue weighted by atomic mass is 9.79. The van der Waals surface area contributed by atoms with Gasteiger partial charge in [0.15, 0.2) is 0 Å². The molecular formula is C17H24N2O4. The first-order chi connectivity index (χ1) is 11.2. The average molecular weight is 320 g/mol. The van der Waals surface area contributed by atoms with Gasteiger partial charge < -0.3 is 19.1 Å². The summed E-state index contributed by atoms with van der Waals surface area (Å²) in [6.45, 7) is 3.59. The van der Waals surface area contributed by atoms with Crippen LogP contribution in [0.25, 0.3) is 0 Å². The van der Waals surface area contributed by atoms with Gasteiger partial charge in [-0.05, 0) is 30.4 Å². The van der Waals surface area contributed by atoms with Crippen molar-refractivity contribution in [3.8, 4) is 0 Å². The Morgan fingerprint density at radius 3 is 3.13 bits per heavy atom. The summed E-state index contributed by atoms with van der Waals surface area (Å²) in [6, 6.07) is 3.93. The molecule has 0 aromatic carbocycles. The first-order valence-corrected chi connectivity index (χ1v) is 8.11. The van der Waals surface area contributed by atoms with Crippen LogP contribution in [0.5, 0.6) is 0 Å². The second-order valence-electron chi connectivity index (χ2n) is 6.28. The molecule has 3 rings (SSSR count). The van der Waals surface area contributed by atoms with Gasteiger partial charge in [0.25, 0.3) is 0 Å². The molecule has 2 aliphatic rings. The number of hydrogen-bond acceptors (Lipinski definition) is 5. The molecule has 1 amide bonds. The summed E-state index contributed by atoms with van der Waals surface area (Å²) < 4.78 is 16.6. The standard InChI is InChI=1S/C17H24N2O4/c1-21-11-16(20)19-12-17(13-19)15(5-8-23-17)4-7-22-10-14-3-2-6-18-9-14/h2-3,6,9,15H,4-5,7-8,10-13H2,1H3. The third-order valence-electron chi connectivity index (χ3n) is 4.74. The number of carbonyl (C=O) groups is 1. The quantitative estimate of drug-likeness (QED) is 0.708. The molecule has 23 heavy (non-hydrogen) atoms. The van der Waals surface area contributed by atoms with Crippen molar-refractivity contribution >= 4 is 5.91 Å². The number of nitrogens with zero attached hydrogens (tertiary/aromatic N) is 2. The molecule has 0 saturated carbocycles. The third kappa shape index (κ3) is 3.71. The van der Waals surface area contributed by atoms with Crippen LogP contribution in [0.15, 0.2) is 24.5 Å². The summed E-state index contributed by atoms with van der Waals surface area (Å²) in [5.41, 5.74) is 0.936. The van der Waals surface area contributed by atoms with Gasteiger partial charge in [0.1, 0.15) is 12.2 Å². The summed E-state index contributed by atoms with van der Waals surface area (Å²) in [5.74, 6) is 0.503. The van der Waals surface area contributed by atoms with E-state index in [1.54, 1.807) is 13.3 Å². The largest absolute Gasteiger partial charge is 0.377 e. The number of pyridine rings is 1. The molecule has 126 valence electrons. The van der Waals surface area contributed by atoms with E-state index in [0.717, 1.165) is 25.0 Å². The Bertz CT molecular complexity index is 517. The first kappa shape index (κ1) is 16.4. The molecule has 1 aromatic rings. The van der Waals surface area contributed by atoms with Crippen molar-refractivity contribution in [1.82, 2.24) is 9.88 Å². The molecule has 3 heterocycles. The molecular weight excluding hydrogens is 296 g/mol. The van der Waals surface area contributed by atoms with Crippen molar-refractivity contribution in [2.75, 3.05) is 40.0 Å². The van der Waals surface area contributed by atoms with Crippen LogP contribution in [-0.2, 0) is 25.6 Å². The van der Waals surface area contributed by atoms with Gasteiger partial charge in [-0.15, -0.1) is 0 Å². The van der Waals surface area contributed by atoms with Crippen LogP contribution in [0.2, 0.25) is 0 Å². The number of hydrogen-bond donors (Lipinski definition) is 0. The lowest BCUT2D eigenvalue weighted by Gasteiger charge is -2.50. The lowest BCUT2D eigenvalue weighted by molar-refractivity contribution is -0.169. The van der Waals surface area contributed by atoms with Crippen molar-refractivity contribution in [2.24, 2.45) is 5.92 Å². The predicted octanol–water partition coefficient (Wildman–Crippen LogP) is 1.25. The highest BCUT2D eigenvalue weighted by molar-refractivity contribution is 5.78. The Kier molecular flexibility index (Phi) is 5.25. The van der Waals surface area contributed by atoms with Crippen molar-refractivity contribution in [2.45, 2.75) is 25.0 Å². The number of aromatic nitrogens is 1. The maximum atomic E-state index is 11.8. The highest BCUT2D eigenvalue weighted by Crippen LogP contribution is 2.41. The molecule has 1 spiro atoms. The van der Waals surface area contributed by atoms with E-state index in [-0.39, 0.29) is 18.1 Å². The fourth-order valence-electron chi connectivity index (χ4n) is 3.43. The van der Waals surface area contributed by atoms with E-state index >= 15 is 0 Å². The normalized spacial score (nSPS) is 22.3. The zero-order valence-electron chi connectivity index (χ0n) is 13.6. The van der Waals surface area contributed by atoms with Crippen molar-refractivity contribution < 1.29 is 19.0 Å². The van der Waals surface area contributed by atoms with Gasteiger partial charge in [0.2, 0.25) is 5.91 Å². The molecule has 6 heteroatoms. The lowest BCUT2D eigenvalue weighted by Crippen LogP contribution is -2.66. The maximum absolute atomic E-state index is 11.8. The minimum Gasteiger partial charge on any atom is -0.377 e. The second-order valence-corrected chi connectivity index (χ2v) is 6.28.